The van der Waals surface area contributed by atoms with Crippen molar-refractivity contribution in [3.63, 3.8) is 0 Å². The van der Waals surface area contributed by atoms with Crippen molar-refractivity contribution in [1.82, 2.24) is 14.8 Å². The predicted molar refractivity (Wildman–Crippen MR) is 142 cm³/mol. The molecule has 0 atom stereocenters. The lowest BCUT2D eigenvalue weighted by Crippen LogP contribution is -2.14. The summed E-state index contributed by atoms with van der Waals surface area (Å²) in [6.07, 6.45) is 1.10. The summed E-state index contributed by atoms with van der Waals surface area (Å²) in [4.78, 5) is 12.6. The number of carbonyl (C=O) groups is 1. The first-order valence-corrected chi connectivity index (χ1v) is 14.0. The minimum absolute atomic E-state index is 0.126. The summed E-state index contributed by atoms with van der Waals surface area (Å²) in [6.45, 7) is 2.38. The maximum Gasteiger partial charge on any atom is 0.234 e. The monoisotopic (exact) mass is 523 g/mol. The van der Waals surface area contributed by atoms with Gasteiger partial charge >= 0.3 is 0 Å². The van der Waals surface area contributed by atoms with Crippen LogP contribution in [0.25, 0.3) is 17.1 Å². The second-order valence-corrected chi connectivity index (χ2v) is 10.4. The summed E-state index contributed by atoms with van der Waals surface area (Å²) in [5.41, 5.74) is 2.60. The van der Waals surface area contributed by atoms with Gasteiger partial charge in [-0.2, -0.15) is 0 Å². The zero-order valence-corrected chi connectivity index (χ0v) is 21.3. The minimum atomic E-state index is -3.39. The molecule has 0 aliphatic carbocycles. The molecule has 4 rings (SSSR count). The molecule has 0 saturated heterocycles. The molecular weight excluding hydrogens is 498 g/mol. The fraction of sp³-hybridized carbons (Fsp3) is 0.160. The van der Waals surface area contributed by atoms with Crippen LogP contribution in [-0.4, -0.2) is 47.7 Å². The smallest absolute Gasteiger partial charge is 0.234 e. The van der Waals surface area contributed by atoms with Crippen molar-refractivity contribution in [2.24, 2.45) is 0 Å². The molecule has 1 amide bonds. The minimum Gasteiger partial charge on any atom is -0.492 e. The lowest BCUT2D eigenvalue weighted by atomic mass is 10.2. The number of hydrogen-bond acceptors (Lipinski definition) is 7. The van der Waals surface area contributed by atoms with Gasteiger partial charge < -0.3 is 10.1 Å². The molecule has 11 heteroatoms. The summed E-state index contributed by atoms with van der Waals surface area (Å²) in [6, 6.07) is 23.6. The summed E-state index contributed by atoms with van der Waals surface area (Å²) >= 11 is 1.25. The van der Waals surface area contributed by atoms with Crippen LogP contribution in [0.5, 0.6) is 5.75 Å². The van der Waals surface area contributed by atoms with Crippen LogP contribution in [0.4, 0.5) is 11.4 Å². The normalized spacial score (nSPS) is 11.2. The van der Waals surface area contributed by atoms with Crippen LogP contribution in [0, 0.1) is 0 Å². The van der Waals surface area contributed by atoms with Gasteiger partial charge in [0, 0.05) is 16.9 Å². The van der Waals surface area contributed by atoms with Gasteiger partial charge in [0.25, 0.3) is 0 Å². The number of aromatic nitrogens is 3. The topological polar surface area (TPSA) is 115 Å². The Labute approximate surface area is 214 Å². The number of anilines is 2. The van der Waals surface area contributed by atoms with Crippen LogP contribution < -0.4 is 14.8 Å². The van der Waals surface area contributed by atoms with Gasteiger partial charge in [-0.05, 0) is 55.5 Å². The standard InChI is InChI=1S/C25H25N5O4S2/c1-3-34-22-12-8-7-11-21(22)30-24(18-13-15-20(16-14-18)29-36(2,32)33)27-28-25(30)35-17-23(31)26-19-9-5-4-6-10-19/h4-16,29H,3,17H2,1-2H3,(H,26,31). The summed E-state index contributed by atoms with van der Waals surface area (Å²) in [5.74, 6) is 1.13. The van der Waals surface area contributed by atoms with E-state index in [1.54, 1.807) is 24.3 Å². The quantitative estimate of drug-likeness (QED) is 0.295. The van der Waals surface area contributed by atoms with Gasteiger partial charge in [0.05, 0.1) is 24.3 Å². The van der Waals surface area contributed by atoms with E-state index >= 15 is 0 Å². The van der Waals surface area contributed by atoms with Crippen LogP contribution in [-0.2, 0) is 14.8 Å². The van der Waals surface area contributed by atoms with Gasteiger partial charge in [-0.25, -0.2) is 8.42 Å². The number of amides is 1. The lowest BCUT2D eigenvalue weighted by Gasteiger charge is -2.15. The van der Waals surface area contributed by atoms with Crippen molar-refractivity contribution < 1.29 is 17.9 Å². The van der Waals surface area contributed by atoms with Crippen LogP contribution >= 0.6 is 11.8 Å². The average molecular weight is 524 g/mol. The number of ether oxygens (including phenoxy) is 1. The summed E-state index contributed by atoms with van der Waals surface area (Å²) in [5, 5.41) is 12.1. The van der Waals surface area contributed by atoms with E-state index in [2.05, 4.69) is 20.2 Å². The molecule has 186 valence electrons. The van der Waals surface area contributed by atoms with E-state index in [0.29, 0.717) is 34.6 Å². The van der Waals surface area contributed by atoms with Crippen molar-refractivity contribution in [2.45, 2.75) is 12.1 Å². The van der Waals surface area contributed by atoms with E-state index in [-0.39, 0.29) is 11.7 Å². The fourth-order valence-corrected chi connectivity index (χ4v) is 4.75. The van der Waals surface area contributed by atoms with Gasteiger partial charge in [-0.3, -0.25) is 14.1 Å². The highest BCUT2D eigenvalue weighted by molar-refractivity contribution is 7.99. The van der Waals surface area contributed by atoms with Crippen molar-refractivity contribution in [1.29, 1.82) is 0 Å². The number of carbonyl (C=O) groups excluding carboxylic acids is 1. The number of para-hydroxylation sites is 3. The van der Waals surface area contributed by atoms with E-state index in [9.17, 15) is 13.2 Å². The summed E-state index contributed by atoms with van der Waals surface area (Å²) in [7, 11) is -3.39. The Balaban J connectivity index is 1.67. The first kappa shape index (κ1) is 25.3. The molecule has 0 bridgehead atoms. The highest BCUT2D eigenvalue weighted by atomic mass is 32.2. The highest BCUT2D eigenvalue weighted by Gasteiger charge is 2.20. The lowest BCUT2D eigenvalue weighted by molar-refractivity contribution is -0.113. The second-order valence-electron chi connectivity index (χ2n) is 7.70. The van der Waals surface area contributed by atoms with Gasteiger partial charge in [0.15, 0.2) is 11.0 Å². The molecule has 4 aromatic rings. The Bertz CT molecular complexity index is 1440. The van der Waals surface area contributed by atoms with Gasteiger partial charge in [0.2, 0.25) is 15.9 Å². The third-order valence-corrected chi connectivity index (χ3v) is 6.41. The van der Waals surface area contributed by atoms with E-state index < -0.39 is 10.0 Å². The largest absolute Gasteiger partial charge is 0.492 e. The molecule has 0 fully saturated rings. The van der Waals surface area contributed by atoms with Crippen LogP contribution in [0.15, 0.2) is 84.0 Å². The number of benzene rings is 3. The Morgan fingerprint density at radius 3 is 2.33 bits per heavy atom. The molecule has 9 nitrogen and oxygen atoms in total. The highest BCUT2D eigenvalue weighted by Crippen LogP contribution is 2.33. The fourth-order valence-electron chi connectivity index (χ4n) is 3.44. The molecule has 0 unspecified atom stereocenters. The molecule has 0 saturated carbocycles. The molecule has 0 aliphatic heterocycles. The number of nitrogens with one attached hydrogen (secondary N) is 2. The van der Waals surface area contributed by atoms with E-state index in [1.807, 2.05) is 66.1 Å². The number of hydrogen-bond donors (Lipinski definition) is 2. The third kappa shape index (κ3) is 6.43. The molecule has 0 radical (unpaired) electrons. The molecular formula is C25H25N5O4S2. The Hall–Kier alpha value is -3.83. The van der Waals surface area contributed by atoms with Crippen LogP contribution in [0.1, 0.15) is 6.92 Å². The van der Waals surface area contributed by atoms with E-state index in [1.165, 1.54) is 11.8 Å². The predicted octanol–water partition coefficient (Wildman–Crippen LogP) is 4.44. The Morgan fingerprint density at radius 1 is 0.944 bits per heavy atom. The van der Waals surface area contributed by atoms with Crippen LogP contribution in [0.3, 0.4) is 0 Å². The second kappa shape index (κ2) is 11.3. The zero-order valence-electron chi connectivity index (χ0n) is 19.7. The molecule has 36 heavy (non-hydrogen) atoms. The molecule has 3 aromatic carbocycles. The Morgan fingerprint density at radius 2 is 1.64 bits per heavy atom. The van der Waals surface area contributed by atoms with Gasteiger partial charge in [0.1, 0.15) is 5.75 Å². The number of thioether (sulfide) groups is 1. The third-order valence-electron chi connectivity index (χ3n) is 4.88. The average Bonchev–Trinajstić information content (AvgIpc) is 3.27. The SMILES string of the molecule is CCOc1ccccc1-n1c(SCC(=O)Nc2ccccc2)nnc1-c1ccc(NS(C)(=O)=O)cc1. The van der Waals surface area contributed by atoms with E-state index in [4.69, 9.17) is 4.74 Å². The molecule has 1 aromatic heterocycles. The maximum atomic E-state index is 12.6. The van der Waals surface area contributed by atoms with Gasteiger partial charge in [-0.1, -0.05) is 42.1 Å². The molecule has 0 aliphatic rings. The Kier molecular flexibility index (Phi) is 7.91. The zero-order chi connectivity index (χ0) is 25.5. The van der Waals surface area contributed by atoms with Crippen molar-refractivity contribution >= 4 is 39.1 Å². The number of sulfonamides is 1. The molecule has 1 heterocycles. The van der Waals surface area contributed by atoms with Crippen molar-refractivity contribution in [3.8, 4) is 22.8 Å². The number of rotatable bonds is 10. The molecule has 0 spiro atoms. The number of nitrogens with zero attached hydrogens (tertiary/aromatic N) is 3. The summed E-state index contributed by atoms with van der Waals surface area (Å²) < 4.78 is 33.2. The van der Waals surface area contributed by atoms with Crippen LogP contribution in [0.2, 0.25) is 0 Å². The maximum absolute atomic E-state index is 12.6. The first-order valence-electron chi connectivity index (χ1n) is 11.1. The van der Waals surface area contributed by atoms with Crippen molar-refractivity contribution in [2.75, 3.05) is 28.7 Å². The first-order chi connectivity index (χ1) is 17.3. The molecule has 2 N–H and O–H groups in total. The van der Waals surface area contributed by atoms with Crippen molar-refractivity contribution in [3.05, 3.63) is 78.9 Å². The van der Waals surface area contributed by atoms with Gasteiger partial charge in [-0.15, -0.1) is 10.2 Å². The van der Waals surface area contributed by atoms with E-state index in [0.717, 1.165) is 17.6 Å².